The van der Waals surface area contributed by atoms with Gasteiger partial charge in [-0.3, -0.25) is 4.79 Å². The Labute approximate surface area is 99.4 Å². The molecule has 3 heteroatoms. The predicted molar refractivity (Wildman–Crippen MR) is 67.0 cm³/mol. The molecule has 0 unspecified atom stereocenters. The lowest BCUT2D eigenvalue weighted by molar-refractivity contribution is -0.142. The first-order valence-corrected chi connectivity index (χ1v) is 6.06. The number of hydrogen-bond acceptors (Lipinski definition) is 2. The van der Waals surface area contributed by atoms with E-state index in [9.17, 15) is 4.79 Å². The molecular weight excluding hydrogens is 200 g/mol. The fraction of sp³-hybridized carbons (Fsp3) is 0.923. The van der Waals surface area contributed by atoms with Crippen molar-refractivity contribution in [2.75, 3.05) is 13.1 Å². The molecule has 1 aliphatic heterocycles. The highest BCUT2D eigenvalue weighted by Gasteiger charge is 2.45. The second-order valence-corrected chi connectivity index (χ2v) is 6.99. The van der Waals surface area contributed by atoms with Crippen LogP contribution in [0.4, 0.5) is 0 Å². The number of nitrogens with two attached hydrogens (primary N) is 1. The lowest BCUT2D eigenvalue weighted by Gasteiger charge is -2.40. The van der Waals surface area contributed by atoms with E-state index in [2.05, 4.69) is 13.8 Å². The van der Waals surface area contributed by atoms with Crippen LogP contribution in [-0.2, 0) is 4.79 Å². The van der Waals surface area contributed by atoms with Crippen molar-refractivity contribution in [1.29, 1.82) is 0 Å². The molecule has 0 radical (unpaired) electrons. The van der Waals surface area contributed by atoms with E-state index >= 15 is 0 Å². The Morgan fingerprint density at radius 2 is 1.75 bits per heavy atom. The monoisotopic (exact) mass is 226 g/mol. The van der Waals surface area contributed by atoms with Gasteiger partial charge in [0.25, 0.3) is 0 Å². The summed E-state index contributed by atoms with van der Waals surface area (Å²) < 4.78 is 0. The summed E-state index contributed by atoms with van der Waals surface area (Å²) in [7, 11) is 0. The minimum Gasteiger partial charge on any atom is -0.342 e. The highest BCUT2D eigenvalue weighted by Crippen LogP contribution is 2.35. The van der Waals surface area contributed by atoms with E-state index in [1.165, 1.54) is 0 Å². The van der Waals surface area contributed by atoms with Gasteiger partial charge in [-0.2, -0.15) is 0 Å². The molecule has 0 saturated carbocycles. The molecule has 0 aromatic rings. The van der Waals surface area contributed by atoms with Crippen molar-refractivity contribution in [2.24, 2.45) is 16.6 Å². The zero-order valence-electron chi connectivity index (χ0n) is 11.6. The van der Waals surface area contributed by atoms with Crippen LogP contribution in [0.1, 0.15) is 48.0 Å². The van der Waals surface area contributed by atoms with Crippen LogP contribution in [0.25, 0.3) is 0 Å². The van der Waals surface area contributed by atoms with E-state index in [4.69, 9.17) is 5.73 Å². The summed E-state index contributed by atoms with van der Waals surface area (Å²) in [6.45, 7) is 13.9. The summed E-state index contributed by atoms with van der Waals surface area (Å²) >= 11 is 0. The first-order chi connectivity index (χ1) is 6.97. The summed E-state index contributed by atoms with van der Waals surface area (Å²) in [5, 5.41) is 0. The first kappa shape index (κ1) is 13.5. The van der Waals surface area contributed by atoms with Crippen LogP contribution in [0.3, 0.4) is 0 Å². The zero-order chi connectivity index (χ0) is 12.8. The van der Waals surface area contributed by atoms with E-state index in [0.717, 1.165) is 19.5 Å². The molecule has 0 spiro atoms. The van der Waals surface area contributed by atoms with Gasteiger partial charge in [0.2, 0.25) is 5.91 Å². The van der Waals surface area contributed by atoms with Crippen molar-refractivity contribution in [3.63, 3.8) is 0 Å². The lowest BCUT2D eigenvalue weighted by atomic mass is 9.74. The topological polar surface area (TPSA) is 46.3 Å². The van der Waals surface area contributed by atoms with E-state index in [-0.39, 0.29) is 11.3 Å². The maximum atomic E-state index is 12.4. The number of hydrogen-bond donors (Lipinski definition) is 1. The number of rotatable bonds is 2. The molecule has 0 aliphatic carbocycles. The van der Waals surface area contributed by atoms with Crippen molar-refractivity contribution in [1.82, 2.24) is 4.90 Å². The summed E-state index contributed by atoms with van der Waals surface area (Å²) in [5.41, 5.74) is 5.36. The molecule has 1 aliphatic rings. The summed E-state index contributed by atoms with van der Waals surface area (Å²) in [5.74, 6) is 0.186. The van der Waals surface area contributed by atoms with Gasteiger partial charge in [0.05, 0.1) is 5.41 Å². The molecular formula is C13H26N2O. The third-order valence-electron chi connectivity index (χ3n) is 4.11. The molecule has 3 nitrogen and oxygen atoms in total. The molecule has 0 bridgehead atoms. The van der Waals surface area contributed by atoms with Crippen LogP contribution >= 0.6 is 0 Å². The largest absolute Gasteiger partial charge is 0.342 e. The highest BCUT2D eigenvalue weighted by molar-refractivity contribution is 5.83. The normalized spacial score (nSPS) is 21.3. The van der Waals surface area contributed by atoms with Crippen molar-refractivity contribution in [3.8, 4) is 0 Å². The van der Waals surface area contributed by atoms with Crippen molar-refractivity contribution < 1.29 is 4.79 Å². The quantitative estimate of drug-likeness (QED) is 0.783. The number of carbonyl (C=O) groups excluding carboxylic acids is 1. The van der Waals surface area contributed by atoms with E-state index in [1.54, 1.807) is 0 Å². The third kappa shape index (κ3) is 2.40. The summed E-state index contributed by atoms with van der Waals surface area (Å²) in [4.78, 5) is 14.4. The number of amides is 1. The average molecular weight is 226 g/mol. The minimum atomic E-state index is -0.507. The molecule has 0 atom stereocenters. The fourth-order valence-electron chi connectivity index (χ4n) is 1.96. The molecule has 0 aromatic carbocycles. The van der Waals surface area contributed by atoms with E-state index in [1.807, 2.05) is 32.6 Å². The van der Waals surface area contributed by atoms with Gasteiger partial charge in [-0.1, -0.05) is 13.8 Å². The van der Waals surface area contributed by atoms with Gasteiger partial charge in [0.15, 0.2) is 0 Å². The van der Waals surface area contributed by atoms with Gasteiger partial charge < -0.3 is 10.6 Å². The van der Waals surface area contributed by atoms with Gasteiger partial charge in [-0.05, 0) is 39.5 Å². The Bertz CT molecular complexity index is 287. The molecule has 16 heavy (non-hydrogen) atoms. The molecule has 1 rings (SSSR count). The van der Waals surface area contributed by atoms with E-state index < -0.39 is 11.0 Å². The molecule has 1 amide bonds. The van der Waals surface area contributed by atoms with Crippen molar-refractivity contribution in [3.05, 3.63) is 0 Å². The first-order valence-electron chi connectivity index (χ1n) is 6.06. The molecule has 94 valence electrons. The van der Waals surface area contributed by atoms with Crippen LogP contribution in [-0.4, -0.2) is 29.4 Å². The molecule has 0 aromatic heterocycles. The summed E-state index contributed by atoms with van der Waals surface area (Å²) in [6, 6.07) is 0. The Morgan fingerprint density at radius 3 is 2.06 bits per heavy atom. The fourth-order valence-corrected chi connectivity index (χ4v) is 1.96. The molecule has 1 saturated heterocycles. The van der Waals surface area contributed by atoms with Crippen LogP contribution in [0.5, 0.6) is 0 Å². The highest BCUT2D eigenvalue weighted by atomic mass is 16.2. The maximum Gasteiger partial charge on any atom is 0.230 e. The van der Waals surface area contributed by atoms with E-state index in [0.29, 0.717) is 0 Å². The van der Waals surface area contributed by atoms with Gasteiger partial charge in [-0.25, -0.2) is 0 Å². The van der Waals surface area contributed by atoms with Crippen LogP contribution in [0.2, 0.25) is 0 Å². The Balaban J connectivity index is 2.81. The molecule has 2 N–H and O–H groups in total. The maximum absolute atomic E-state index is 12.4. The third-order valence-corrected chi connectivity index (χ3v) is 4.11. The number of likely N-dealkylation sites (tertiary alicyclic amines) is 1. The Morgan fingerprint density at radius 1 is 1.25 bits per heavy atom. The van der Waals surface area contributed by atoms with Gasteiger partial charge >= 0.3 is 0 Å². The van der Waals surface area contributed by atoms with Gasteiger partial charge in [0, 0.05) is 18.6 Å². The summed E-state index contributed by atoms with van der Waals surface area (Å²) in [6.07, 6.45) is 1.08. The molecule has 1 heterocycles. The lowest BCUT2D eigenvalue weighted by Crippen LogP contribution is -2.56. The van der Waals surface area contributed by atoms with Crippen molar-refractivity contribution >= 4 is 5.91 Å². The van der Waals surface area contributed by atoms with Gasteiger partial charge in [0.1, 0.15) is 0 Å². The standard InChI is InChI=1S/C13H26N2O/c1-11(2)7-8-15(9-11)10(16)12(3,4)13(5,6)14/h7-9,14H2,1-6H3. The van der Waals surface area contributed by atoms with Crippen LogP contribution in [0, 0.1) is 10.8 Å². The SMILES string of the molecule is CC1(C)CCN(C(=O)C(C)(C)C(C)(C)N)C1. The minimum absolute atomic E-state index is 0.186. The second-order valence-electron chi connectivity index (χ2n) is 6.99. The zero-order valence-corrected chi connectivity index (χ0v) is 11.6. The van der Waals surface area contributed by atoms with Crippen LogP contribution < -0.4 is 5.73 Å². The Kier molecular flexibility index (Phi) is 3.14. The van der Waals surface area contributed by atoms with Crippen LogP contribution in [0.15, 0.2) is 0 Å². The molecule has 1 fully saturated rings. The second kappa shape index (κ2) is 3.73. The van der Waals surface area contributed by atoms with Crippen molar-refractivity contribution in [2.45, 2.75) is 53.5 Å². The number of nitrogens with zero attached hydrogens (tertiary/aromatic N) is 1. The average Bonchev–Trinajstić information content (AvgIpc) is 2.42. The number of carbonyl (C=O) groups is 1. The Hall–Kier alpha value is -0.570. The smallest absolute Gasteiger partial charge is 0.230 e. The predicted octanol–water partition coefficient (Wildman–Crippen LogP) is 2.01. The van der Waals surface area contributed by atoms with Gasteiger partial charge in [-0.15, -0.1) is 0 Å².